The smallest absolute Gasteiger partial charge is 0.247 e. The summed E-state index contributed by atoms with van der Waals surface area (Å²) in [5.41, 5.74) is 1.17. The number of likely N-dealkylation sites (N-methyl/N-ethyl adjacent to an activating group) is 1. The molecule has 1 aliphatic rings. The molecule has 0 atom stereocenters. The summed E-state index contributed by atoms with van der Waals surface area (Å²) in [6.45, 7) is 6.34. The lowest BCUT2D eigenvalue weighted by atomic mass is 10.4. The number of aromatic nitrogens is 2. The molecular formula is C10H19N4O2S+. The number of aryl methyl sites for hydroxylation is 2. The average molecular weight is 259 g/mol. The van der Waals surface area contributed by atoms with Crippen molar-refractivity contribution in [3.63, 3.8) is 0 Å². The standard InChI is InChI=1S/C10H18N4O2S/c1-8-10(9(2)12-11-8)17(15,16)14-6-4-13(3)5-7-14/h4-7H2,1-3H3,(H,11,12)/p+1. The van der Waals surface area contributed by atoms with E-state index < -0.39 is 10.0 Å². The predicted molar refractivity (Wildman–Crippen MR) is 63.4 cm³/mol. The third-order valence-corrected chi connectivity index (χ3v) is 5.40. The van der Waals surface area contributed by atoms with Gasteiger partial charge in [0.15, 0.2) is 0 Å². The molecule has 0 amide bonds. The second kappa shape index (κ2) is 4.40. The van der Waals surface area contributed by atoms with Gasteiger partial charge in [-0.3, -0.25) is 5.10 Å². The van der Waals surface area contributed by atoms with E-state index in [2.05, 4.69) is 17.2 Å². The van der Waals surface area contributed by atoms with Crippen molar-refractivity contribution in [2.24, 2.45) is 0 Å². The zero-order valence-corrected chi connectivity index (χ0v) is 11.3. The molecule has 0 bridgehead atoms. The van der Waals surface area contributed by atoms with Gasteiger partial charge in [-0.15, -0.1) is 0 Å². The Morgan fingerprint density at radius 1 is 1.29 bits per heavy atom. The normalized spacial score (nSPS) is 19.7. The van der Waals surface area contributed by atoms with Crippen molar-refractivity contribution >= 4 is 10.0 Å². The summed E-state index contributed by atoms with van der Waals surface area (Å²) >= 11 is 0. The summed E-state index contributed by atoms with van der Waals surface area (Å²) < 4.78 is 26.5. The Bertz CT molecular complexity index is 481. The number of hydrogen-bond donors (Lipinski definition) is 2. The zero-order valence-electron chi connectivity index (χ0n) is 10.4. The monoisotopic (exact) mass is 259 g/mol. The van der Waals surface area contributed by atoms with E-state index in [1.165, 1.54) is 4.90 Å². The Morgan fingerprint density at radius 3 is 2.35 bits per heavy atom. The first kappa shape index (κ1) is 12.5. The van der Waals surface area contributed by atoms with Gasteiger partial charge in [0.25, 0.3) is 0 Å². The second-order valence-corrected chi connectivity index (χ2v) is 6.50. The third kappa shape index (κ3) is 2.22. The van der Waals surface area contributed by atoms with Crippen molar-refractivity contribution in [2.45, 2.75) is 18.7 Å². The van der Waals surface area contributed by atoms with Crippen LogP contribution in [-0.4, -0.2) is 56.1 Å². The predicted octanol–water partition coefficient (Wildman–Crippen LogP) is -1.45. The minimum absolute atomic E-state index is 0.344. The maximum atomic E-state index is 12.5. The van der Waals surface area contributed by atoms with Crippen molar-refractivity contribution in [3.8, 4) is 0 Å². The van der Waals surface area contributed by atoms with Gasteiger partial charge in [-0.05, 0) is 13.8 Å². The first-order valence-electron chi connectivity index (χ1n) is 5.76. The third-order valence-electron chi connectivity index (χ3n) is 3.23. The van der Waals surface area contributed by atoms with E-state index in [9.17, 15) is 8.42 Å². The number of nitrogens with zero attached hydrogens (tertiary/aromatic N) is 2. The summed E-state index contributed by atoms with van der Waals surface area (Å²) in [5.74, 6) is 0. The minimum atomic E-state index is -3.38. The summed E-state index contributed by atoms with van der Waals surface area (Å²) in [6.07, 6.45) is 0. The molecule has 0 radical (unpaired) electrons. The van der Waals surface area contributed by atoms with Crippen LogP contribution in [0.2, 0.25) is 0 Å². The molecule has 6 nitrogen and oxygen atoms in total. The summed E-state index contributed by atoms with van der Waals surface area (Å²) in [4.78, 5) is 1.72. The van der Waals surface area contributed by atoms with E-state index >= 15 is 0 Å². The van der Waals surface area contributed by atoms with Gasteiger partial charge >= 0.3 is 0 Å². The lowest BCUT2D eigenvalue weighted by Crippen LogP contribution is -3.12. The van der Waals surface area contributed by atoms with Gasteiger partial charge in [0, 0.05) is 0 Å². The molecule has 0 aromatic carbocycles. The zero-order chi connectivity index (χ0) is 12.6. The van der Waals surface area contributed by atoms with E-state index in [-0.39, 0.29) is 0 Å². The van der Waals surface area contributed by atoms with E-state index in [1.54, 1.807) is 18.2 Å². The molecule has 2 rings (SSSR count). The van der Waals surface area contributed by atoms with E-state index in [0.717, 1.165) is 13.1 Å². The molecule has 2 N–H and O–H groups in total. The number of rotatable bonds is 2. The summed E-state index contributed by atoms with van der Waals surface area (Å²) in [6, 6.07) is 0. The van der Waals surface area contributed by atoms with Gasteiger partial charge in [-0.1, -0.05) is 0 Å². The molecule has 1 saturated heterocycles. The van der Waals surface area contributed by atoms with Crippen LogP contribution in [-0.2, 0) is 10.0 Å². The van der Waals surface area contributed by atoms with Crippen LogP contribution in [0.25, 0.3) is 0 Å². The van der Waals surface area contributed by atoms with E-state index in [4.69, 9.17) is 0 Å². The van der Waals surface area contributed by atoms with Crippen LogP contribution in [0.4, 0.5) is 0 Å². The fraction of sp³-hybridized carbons (Fsp3) is 0.700. The van der Waals surface area contributed by atoms with Crippen molar-refractivity contribution in [1.82, 2.24) is 14.5 Å². The maximum Gasteiger partial charge on any atom is 0.247 e. The quantitative estimate of drug-likeness (QED) is 0.682. The van der Waals surface area contributed by atoms with Crippen LogP contribution in [0.3, 0.4) is 0 Å². The molecule has 1 aromatic heterocycles. The molecule has 0 aliphatic carbocycles. The number of quaternary nitrogens is 1. The Kier molecular flexibility index (Phi) is 3.24. The summed E-state index contributed by atoms with van der Waals surface area (Å²) in [5, 5.41) is 6.69. The molecular weight excluding hydrogens is 240 g/mol. The van der Waals surface area contributed by atoms with Crippen molar-refractivity contribution in [3.05, 3.63) is 11.4 Å². The van der Waals surface area contributed by atoms with Crippen LogP contribution in [0, 0.1) is 13.8 Å². The highest BCUT2D eigenvalue weighted by Crippen LogP contribution is 2.21. The Balaban J connectivity index is 2.31. The van der Waals surface area contributed by atoms with Gasteiger partial charge < -0.3 is 4.90 Å². The molecule has 7 heteroatoms. The van der Waals surface area contributed by atoms with E-state index in [1.807, 2.05) is 0 Å². The lowest BCUT2D eigenvalue weighted by molar-refractivity contribution is -0.883. The molecule has 17 heavy (non-hydrogen) atoms. The average Bonchev–Trinajstić information content (AvgIpc) is 2.59. The van der Waals surface area contributed by atoms with Gasteiger partial charge in [0.1, 0.15) is 4.90 Å². The largest absolute Gasteiger partial charge is 0.335 e. The highest BCUT2D eigenvalue weighted by Gasteiger charge is 2.32. The van der Waals surface area contributed by atoms with Crippen LogP contribution in [0.15, 0.2) is 4.90 Å². The number of sulfonamides is 1. The van der Waals surface area contributed by atoms with Crippen molar-refractivity contribution in [1.29, 1.82) is 0 Å². The Morgan fingerprint density at radius 2 is 1.88 bits per heavy atom. The highest BCUT2D eigenvalue weighted by molar-refractivity contribution is 7.89. The number of hydrogen-bond acceptors (Lipinski definition) is 3. The minimum Gasteiger partial charge on any atom is -0.335 e. The number of piperazine rings is 1. The van der Waals surface area contributed by atoms with E-state index in [0.29, 0.717) is 29.4 Å². The second-order valence-electron chi connectivity index (χ2n) is 4.62. The molecule has 96 valence electrons. The molecule has 0 unspecified atom stereocenters. The molecule has 1 fully saturated rings. The molecule has 0 saturated carbocycles. The number of nitrogens with one attached hydrogen (secondary N) is 2. The fourth-order valence-corrected chi connectivity index (χ4v) is 3.93. The van der Waals surface area contributed by atoms with Crippen LogP contribution in [0.5, 0.6) is 0 Å². The van der Waals surface area contributed by atoms with Crippen LogP contribution in [0.1, 0.15) is 11.4 Å². The van der Waals surface area contributed by atoms with Crippen LogP contribution < -0.4 is 4.90 Å². The SMILES string of the molecule is Cc1n[nH]c(C)c1S(=O)(=O)N1CC[NH+](C)CC1. The summed E-state index contributed by atoms with van der Waals surface area (Å²) in [7, 11) is -1.30. The van der Waals surface area contributed by atoms with Crippen molar-refractivity contribution < 1.29 is 13.3 Å². The molecule has 1 aromatic rings. The topological polar surface area (TPSA) is 70.5 Å². The van der Waals surface area contributed by atoms with Gasteiger partial charge in [-0.2, -0.15) is 9.40 Å². The van der Waals surface area contributed by atoms with Gasteiger partial charge in [0.05, 0.1) is 44.6 Å². The highest BCUT2D eigenvalue weighted by atomic mass is 32.2. The number of aromatic amines is 1. The van der Waals surface area contributed by atoms with Crippen molar-refractivity contribution in [2.75, 3.05) is 33.2 Å². The van der Waals surface area contributed by atoms with Gasteiger partial charge in [0.2, 0.25) is 10.0 Å². The lowest BCUT2D eigenvalue weighted by Gasteiger charge is -2.29. The molecule has 1 aliphatic heterocycles. The van der Waals surface area contributed by atoms with Crippen LogP contribution >= 0.6 is 0 Å². The Labute approximate surface area is 102 Å². The molecule has 0 spiro atoms. The molecule has 2 heterocycles. The Hall–Kier alpha value is -0.920. The van der Waals surface area contributed by atoms with Gasteiger partial charge in [-0.25, -0.2) is 8.42 Å². The maximum absolute atomic E-state index is 12.5. The first-order chi connectivity index (χ1) is 7.93. The first-order valence-corrected chi connectivity index (χ1v) is 7.20. The fourth-order valence-electron chi connectivity index (χ4n) is 2.16. The number of H-pyrrole nitrogens is 1.